The van der Waals surface area contributed by atoms with Crippen molar-refractivity contribution in [1.29, 1.82) is 0 Å². The molecule has 3 fully saturated rings. The maximum atomic E-state index is 12.8. The first-order valence-electron chi connectivity index (χ1n) is 8.80. The summed E-state index contributed by atoms with van der Waals surface area (Å²) in [7, 11) is 0. The van der Waals surface area contributed by atoms with Gasteiger partial charge in [0.2, 0.25) is 5.91 Å². The average molecular weight is 315 g/mol. The number of nitrogens with two attached hydrogens (primary N) is 1. The van der Waals surface area contributed by atoms with Gasteiger partial charge in [0, 0.05) is 25.0 Å². The van der Waals surface area contributed by atoms with Gasteiger partial charge in [-0.25, -0.2) is 0 Å². The van der Waals surface area contributed by atoms with Crippen molar-refractivity contribution < 1.29 is 4.79 Å². The Balaban J connectivity index is 0.00000161. The minimum absolute atomic E-state index is 0. The smallest absolute Gasteiger partial charge is 0.225 e. The molecular formula is C17H31ClN2O. The highest BCUT2D eigenvalue weighted by molar-refractivity contribution is 5.85. The molecule has 3 aliphatic rings. The summed E-state index contributed by atoms with van der Waals surface area (Å²) < 4.78 is 0. The second-order valence-electron chi connectivity index (χ2n) is 7.29. The number of carbonyl (C=O) groups is 1. The van der Waals surface area contributed by atoms with E-state index in [1.54, 1.807) is 0 Å². The number of carbonyl (C=O) groups excluding carboxylic acids is 1. The van der Waals surface area contributed by atoms with Gasteiger partial charge in [0.05, 0.1) is 0 Å². The van der Waals surface area contributed by atoms with Crippen molar-refractivity contribution in [2.45, 2.75) is 70.3 Å². The third-order valence-electron chi connectivity index (χ3n) is 5.93. The first-order valence-corrected chi connectivity index (χ1v) is 8.80. The van der Waals surface area contributed by atoms with E-state index in [9.17, 15) is 4.79 Å². The summed E-state index contributed by atoms with van der Waals surface area (Å²) in [4.78, 5) is 15.0. The Hall–Kier alpha value is -0.280. The van der Waals surface area contributed by atoms with Crippen LogP contribution in [0.1, 0.15) is 64.2 Å². The van der Waals surface area contributed by atoms with Gasteiger partial charge in [0.1, 0.15) is 0 Å². The number of likely N-dealkylation sites (tertiary alicyclic amines) is 1. The molecule has 4 heteroatoms. The Morgan fingerprint density at radius 1 is 0.857 bits per heavy atom. The second kappa shape index (κ2) is 7.82. The molecule has 1 amide bonds. The van der Waals surface area contributed by atoms with E-state index in [1.165, 1.54) is 51.4 Å². The summed E-state index contributed by atoms with van der Waals surface area (Å²) >= 11 is 0. The first-order chi connectivity index (χ1) is 9.75. The third kappa shape index (κ3) is 3.92. The molecule has 122 valence electrons. The van der Waals surface area contributed by atoms with Crippen molar-refractivity contribution in [2.24, 2.45) is 23.5 Å². The summed E-state index contributed by atoms with van der Waals surface area (Å²) in [5.74, 6) is 1.97. The first kappa shape index (κ1) is 17.1. The van der Waals surface area contributed by atoms with Crippen LogP contribution in [0, 0.1) is 17.8 Å². The fourth-order valence-corrected chi connectivity index (χ4v) is 4.72. The predicted molar refractivity (Wildman–Crippen MR) is 88.4 cm³/mol. The van der Waals surface area contributed by atoms with Crippen molar-refractivity contribution in [2.75, 3.05) is 13.1 Å². The number of fused-ring (bicyclic) bond motifs is 2. The van der Waals surface area contributed by atoms with Gasteiger partial charge in [-0.15, -0.1) is 12.4 Å². The van der Waals surface area contributed by atoms with Gasteiger partial charge >= 0.3 is 0 Å². The Kier molecular flexibility index (Phi) is 6.36. The van der Waals surface area contributed by atoms with E-state index >= 15 is 0 Å². The predicted octanol–water partition coefficient (Wildman–Crippen LogP) is 3.35. The van der Waals surface area contributed by atoms with Crippen LogP contribution in [0.15, 0.2) is 0 Å². The van der Waals surface area contributed by atoms with Crippen LogP contribution in [0.25, 0.3) is 0 Å². The highest BCUT2D eigenvalue weighted by atomic mass is 35.5. The van der Waals surface area contributed by atoms with Crippen molar-refractivity contribution in [3.05, 3.63) is 0 Å². The van der Waals surface area contributed by atoms with E-state index in [0.717, 1.165) is 25.9 Å². The molecule has 3 nitrogen and oxygen atoms in total. The van der Waals surface area contributed by atoms with E-state index < -0.39 is 0 Å². The molecule has 2 aliphatic carbocycles. The molecule has 21 heavy (non-hydrogen) atoms. The molecule has 0 aromatic rings. The molecule has 0 radical (unpaired) electrons. The molecule has 1 aliphatic heterocycles. The average Bonchev–Trinajstić information content (AvgIpc) is 2.37. The molecule has 0 aromatic carbocycles. The van der Waals surface area contributed by atoms with Gasteiger partial charge in [-0.3, -0.25) is 4.79 Å². The molecular weight excluding hydrogens is 284 g/mol. The third-order valence-corrected chi connectivity index (χ3v) is 5.93. The number of halogens is 1. The lowest BCUT2D eigenvalue weighted by atomic mass is 9.65. The standard InChI is InChI=1S/C17H30N2O.ClH/c18-16-13-7-6-8-14(16)12-15(11-13)17(20)19-9-4-2-1-3-5-10-19;/h13-16H,1-12,18H2;1H. The van der Waals surface area contributed by atoms with Gasteiger partial charge in [0.25, 0.3) is 0 Å². The molecule has 3 rings (SSSR count). The lowest BCUT2D eigenvalue weighted by molar-refractivity contribution is -0.139. The summed E-state index contributed by atoms with van der Waals surface area (Å²) in [6.45, 7) is 1.99. The zero-order chi connectivity index (χ0) is 13.9. The van der Waals surface area contributed by atoms with E-state index in [4.69, 9.17) is 5.73 Å². The molecule has 2 atom stereocenters. The van der Waals surface area contributed by atoms with E-state index in [2.05, 4.69) is 4.90 Å². The van der Waals surface area contributed by atoms with E-state index in [0.29, 0.717) is 23.8 Å². The summed E-state index contributed by atoms with van der Waals surface area (Å²) in [6, 6.07) is 0.375. The largest absolute Gasteiger partial charge is 0.342 e. The van der Waals surface area contributed by atoms with Crippen LogP contribution in [-0.4, -0.2) is 29.9 Å². The summed E-state index contributed by atoms with van der Waals surface area (Å²) in [5, 5.41) is 0. The van der Waals surface area contributed by atoms with Gasteiger partial charge in [-0.05, 0) is 50.4 Å². The van der Waals surface area contributed by atoms with E-state index in [-0.39, 0.29) is 18.3 Å². The zero-order valence-corrected chi connectivity index (χ0v) is 14.0. The highest BCUT2D eigenvalue weighted by Crippen LogP contribution is 2.42. The molecule has 1 heterocycles. The molecule has 0 spiro atoms. The van der Waals surface area contributed by atoms with Gasteiger partial charge in [0.15, 0.2) is 0 Å². The van der Waals surface area contributed by atoms with Crippen molar-refractivity contribution >= 4 is 18.3 Å². The van der Waals surface area contributed by atoms with Gasteiger partial charge < -0.3 is 10.6 Å². The normalized spacial score (nSPS) is 37.1. The number of rotatable bonds is 1. The Morgan fingerprint density at radius 2 is 1.38 bits per heavy atom. The Bertz CT molecular complexity index is 328. The lowest BCUT2D eigenvalue weighted by Gasteiger charge is -2.44. The summed E-state index contributed by atoms with van der Waals surface area (Å²) in [5.41, 5.74) is 6.35. The van der Waals surface area contributed by atoms with Crippen LogP contribution in [0.2, 0.25) is 0 Å². The monoisotopic (exact) mass is 314 g/mol. The van der Waals surface area contributed by atoms with Crippen molar-refractivity contribution in [3.63, 3.8) is 0 Å². The maximum Gasteiger partial charge on any atom is 0.225 e. The molecule has 2 saturated carbocycles. The van der Waals surface area contributed by atoms with Crippen LogP contribution in [-0.2, 0) is 4.79 Å². The van der Waals surface area contributed by atoms with Crippen LogP contribution in [0.3, 0.4) is 0 Å². The molecule has 0 aromatic heterocycles. The van der Waals surface area contributed by atoms with Crippen LogP contribution < -0.4 is 5.73 Å². The minimum atomic E-state index is 0. The van der Waals surface area contributed by atoms with Crippen LogP contribution in [0.5, 0.6) is 0 Å². The van der Waals surface area contributed by atoms with Gasteiger partial charge in [-0.2, -0.15) is 0 Å². The fraction of sp³-hybridized carbons (Fsp3) is 0.941. The fourth-order valence-electron chi connectivity index (χ4n) is 4.72. The van der Waals surface area contributed by atoms with Crippen LogP contribution in [0.4, 0.5) is 0 Å². The number of hydrogen-bond acceptors (Lipinski definition) is 2. The quantitative estimate of drug-likeness (QED) is 0.806. The van der Waals surface area contributed by atoms with Crippen molar-refractivity contribution in [3.8, 4) is 0 Å². The van der Waals surface area contributed by atoms with Crippen molar-refractivity contribution in [1.82, 2.24) is 4.90 Å². The topological polar surface area (TPSA) is 46.3 Å². The van der Waals surface area contributed by atoms with Crippen LogP contribution >= 0.6 is 12.4 Å². The lowest BCUT2D eigenvalue weighted by Crippen LogP contribution is -2.50. The minimum Gasteiger partial charge on any atom is -0.342 e. The highest BCUT2D eigenvalue weighted by Gasteiger charge is 2.41. The molecule has 2 unspecified atom stereocenters. The number of hydrogen-bond donors (Lipinski definition) is 1. The number of amides is 1. The SMILES string of the molecule is Cl.NC1C2CCCC1CC(C(=O)N1CCCCCCC1)C2. The second-order valence-corrected chi connectivity index (χ2v) is 7.29. The van der Waals surface area contributed by atoms with Gasteiger partial charge in [-0.1, -0.05) is 25.7 Å². The number of nitrogens with zero attached hydrogens (tertiary/aromatic N) is 1. The zero-order valence-electron chi connectivity index (χ0n) is 13.1. The summed E-state index contributed by atoms with van der Waals surface area (Å²) in [6.07, 6.45) is 12.3. The Morgan fingerprint density at radius 3 is 1.95 bits per heavy atom. The Labute approximate surface area is 135 Å². The van der Waals surface area contributed by atoms with E-state index in [1.807, 2.05) is 0 Å². The molecule has 2 bridgehead atoms. The molecule has 1 saturated heterocycles. The molecule has 2 N–H and O–H groups in total. The maximum absolute atomic E-state index is 12.8.